The van der Waals surface area contributed by atoms with Gasteiger partial charge in [-0.2, -0.15) is 0 Å². The van der Waals surface area contributed by atoms with Crippen LogP contribution >= 0.6 is 11.3 Å². The first-order chi connectivity index (χ1) is 5.74. The van der Waals surface area contributed by atoms with E-state index in [1.165, 1.54) is 15.3 Å². The summed E-state index contributed by atoms with van der Waals surface area (Å²) in [6.07, 6.45) is 3.72. The third-order valence-corrected chi connectivity index (χ3v) is 2.92. The van der Waals surface area contributed by atoms with Crippen LogP contribution in [-0.4, -0.2) is 6.29 Å². The van der Waals surface area contributed by atoms with Crippen LogP contribution < -0.4 is 0 Å². The minimum absolute atomic E-state index is 0.689. The average Bonchev–Trinajstić information content (AvgIpc) is 2.31. The minimum atomic E-state index is 0.689. The predicted molar refractivity (Wildman–Crippen MR) is 52.8 cm³/mol. The lowest BCUT2D eigenvalue weighted by atomic mass is 10.1. The Morgan fingerprint density at radius 2 is 2.25 bits per heavy atom. The van der Waals surface area contributed by atoms with E-state index in [4.69, 9.17) is 0 Å². The Kier molecular flexibility index (Phi) is 3.48. The summed E-state index contributed by atoms with van der Waals surface area (Å²) in [6, 6.07) is 2.23. The maximum Gasteiger partial charge on any atom is 0.120 e. The lowest BCUT2D eigenvalue weighted by Crippen LogP contribution is -1.85. The molecular weight excluding hydrogens is 168 g/mol. The van der Waals surface area contributed by atoms with E-state index in [9.17, 15) is 4.79 Å². The van der Waals surface area contributed by atoms with E-state index < -0.39 is 0 Å². The smallest absolute Gasteiger partial charge is 0.120 e. The third-order valence-electron chi connectivity index (χ3n) is 1.91. The molecule has 1 rings (SSSR count). The van der Waals surface area contributed by atoms with Crippen LogP contribution in [0, 0.1) is 13.8 Å². The summed E-state index contributed by atoms with van der Waals surface area (Å²) in [6.45, 7) is 4.27. The van der Waals surface area contributed by atoms with Crippen molar-refractivity contribution in [2.75, 3.05) is 0 Å². The summed E-state index contributed by atoms with van der Waals surface area (Å²) in [7, 11) is 0. The quantitative estimate of drug-likeness (QED) is 0.517. The molecule has 0 aromatic carbocycles. The van der Waals surface area contributed by atoms with E-state index in [2.05, 4.69) is 19.9 Å². The highest BCUT2D eigenvalue weighted by Gasteiger charge is 2.01. The average molecular weight is 182 g/mol. The van der Waals surface area contributed by atoms with Gasteiger partial charge in [0.2, 0.25) is 0 Å². The molecule has 0 amide bonds. The van der Waals surface area contributed by atoms with Gasteiger partial charge in [-0.1, -0.05) is 0 Å². The van der Waals surface area contributed by atoms with Gasteiger partial charge < -0.3 is 4.79 Å². The van der Waals surface area contributed by atoms with Crippen molar-refractivity contribution >= 4 is 17.6 Å². The number of carbonyl (C=O) groups is 1. The molecule has 1 aromatic heterocycles. The molecule has 0 bridgehead atoms. The van der Waals surface area contributed by atoms with Crippen LogP contribution in [0.25, 0.3) is 0 Å². The Hall–Kier alpha value is -0.630. The van der Waals surface area contributed by atoms with Crippen LogP contribution in [0.2, 0.25) is 0 Å². The number of hydrogen-bond donors (Lipinski definition) is 0. The van der Waals surface area contributed by atoms with E-state index in [0.29, 0.717) is 6.42 Å². The van der Waals surface area contributed by atoms with Gasteiger partial charge in [0, 0.05) is 16.2 Å². The normalized spacial score (nSPS) is 10.2. The van der Waals surface area contributed by atoms with Crippen LogP contribution in [0.15, 0.2) is 6.07 Å². The molecule has 0 aliphatic rings. The van der Waals surface area contributed by atoms with E-state index in [-0.39, 0.29) is 0 Å². The van der Waals surface area contributed by atoms with Crippen molar-refractivity contribution in [1.82, 2.24) is 0 Å². The molecule has 0 aliphatic heterocycles. The van der Waals surface area contributed by atoms with E-state index >= 15 is 0 Å². The fourth-order valence-electron chi connectivity index (χ4n) is 1.31. The van der Waals surface area contributed by atoms with Crippen LogP contribution in [0.5, 0.6) is 0 Å². The summed E-state index contributed by atoms with van der Waals surface area (Å²) in [4.78, 5) is 12.9. The fraction of sp³-hybridized carbons (Fsp3) is 0.500. The minimum Gasteiger partial charge on any atom is -0.303 e. The highest BCUT2D eigenvalue weighted by molar-refractivity contribution is 7.12. The Morgan fingerprint density at radius 1 is 1.50 bits per heavy atom. The Bertz CT molecular complexity index is 263. The first-order valence-corrected chi connectivity index (χ1v) is 5.05. The summed E-state index contributed by atoms with van der Waals surface area (Å²) in [5.41, 5.74) is 1.42. The van der Waals surface area contributed by atoms with Gasteiger partial charge in [-0.25, -0.2) is 0 Å². The molecule has 1 nitrogen and oxygen atoms in total. The van der Waals surface area contributed by atoms with E-state index in [0.717, 1.165) is 19.1 Å². The van der Waals surface area contributed by atoms with Gasteiger partial charge in [-0.3, -0.25) is 0 Å². The molecule has 1 heterocycles. The maximum atomic E-state index is 10.1. The van der Waals surface area contributed by atoms with Crippen molar-refractivity contribution in [2.24, 2.45) is 0 Å². The van der Waals surface area contributed by atoms with Crippen LogP contribution in [0.4, 0.5) is 0 Å². The van der Waals surface area contributed by atoms with Gasteiger partial charge in [-0.15, -0.1) is 11.3 Å². The molecule has 1 aromatic rings. The lowest BCUT2D eigenvalue weighted by molar-refractivity contribution is -0.107. The van der Waals surface area contributed by atoms with Crippen LogP contribution in [0.3, 0.4) is 0 Å². The Morgan fingerprint density at radius 3 is 2.75 bits per heavy atom. The van der Waals surface area contributed by atoms with Gasteiger partial charge >= 0.3 is 0 Å². The fourth-order valence-corrected chi connectivity index (χ4v) is 2.28. The van der Waals surface area contributed by atoms with Gasteiger partial charge in [0.1, 0.15) is 6.29 Å². The highest BCUT2D eigenvalue weighted by Crippen LogP contribution is 2.21. The Labute approximate surface area is 77.4 Å². The molecule has 2 heteroatoms. The number of carbonyl (C=O) groups excluding carboxylic acids is 1. The zero-order valence-electron chi connectivity index (χ0n) is 7.59. The monoisotopic (exact) mass is 182 g/mol. The van der Waals surface area contributed by atoms with Gasteiger partial charge in [0.25, 0.3) is 0 Å². The van der Waals surface area contributed by atoms with Gasteiger partial charge in [-0.05, 0) is 38.3 Å². The number of aldehydes is 1. The summed E-state index contributed by atoms with van der Waals surface area (Å²) in [5.74, 6) is 0. The molecule has 0 spiro atoms. The number of aryl methyl sites for hydroxylation is 3. The van der Waals surface area contributed by atoms with Crippen molar-refractivity contribution in [3.8, 4) is 0 Å². The molecule has 0 saturated carbocycles. The highest BCUT2D eigenvalue weighted by atomic mass is 32.1. The molecule has 0 N–H and O–H groups in total. The standard InChI is InChI=1S/C10H14OS/c1-8-7-10(9(2)12-8)5-3-4-6-11/h6-7H,3-5H2,1-2H3. The van der Waals surface area contributed by atoms with Crippen molar-refractivity contribution in [3.63, 3.8) is 0 Å². The van der Waals surface area contributed by atoms with Crippen molar-refractivity contribution in [1.29, 1.82) is 0 Å². The van der Waals surface area contributed by atoms with Crippen molar-refractivity contribution in [3.05, 3.63) is 21.4 Å². The zero-order valence-corrected chi connectivity index (χ0v) is 8.41. The molecule has 0 unspecified atom stereocenters. The number of rotatable bonds is 4. The summed E-state index contributed by atoms with van der Waals surface area (Å²) < 4.78 is 0. The largest absolute Gasteiger partial charge is 0.303 e. The van der Waals surface area contributed by atoms with Crippen LogP contribution in [-0.2, 0) is 11.2 Å². The molecule has 0 aliphatic carbocycles. The van der Waals surface area contributed by atoms with E-state index in [1.54, 1.807) is 0 Å². The van der Waals surface area contributed by atoms with Crippen molar-refractivity contribution in [2.45, 2.75) is 33.1 Å². The first-order valence-electron chi connectivity index (χ1n) is 4.23. The summed E-state index contributed by atoms with van der Waals surface area (Å²) in [5, 5.41) is 0. The predicted octanol–water partition coefficient (Wildman–Crippen LogP) is 2.89. The summed E-state index contributed by atoms with van der Waals surface area (Å²) >= 11 is 1.84. The van der Waals surface area contributed by atoms with Gasteiger partial charge in [0.15, 0.2) is 0 Å². The lowest BCUT2D eigenvalue weighted by Gasteiger charge is -1.95. The molecule has 0 saturated heterocycles. The first kappa shape index (κ1) is 9.46. The third kappa shape index (κ3) is 2.45. The zero-order chi connectivity index (χ0) is 8.97. The van der Waals surface area contributed by atoms with E-state index in [1.807, 2.05) is 11.3 Å². The maximum absolute atomic E-state index is 10.1. The second-order valence-electron chi connectivity index (χ2n) is 3.00. The number of hydrogen-bond acceptors (Lipinski definition) is 2. The number of thiophene rings is 1. The molecule has 12 heavy (non-hydrogen) atoms. The SMILES string of the molecule is Cc1cc(CCCC=O)c(C)s1. The Balaban J connectivity index is 2.50. The molecule has 0 fully saturated rings. The second-order valence-corrected chi connectivity index (χ2v) is 4.46. The van der Waals surface area contributed by atoms with Gasteiger partial charge in [0.05, 0.1) is 0 Å². The second kappa shape index (κ2) is 4.41. The number of unbranched alkanes of at least 4 members (excludes halogenated alkanes) is 1. The molecule has 0 atom stereocenters. The molecule has 66 valence electrons. The molecule has 0 radical (unpaired) electrons. The van der Waals surface area contributed by atoms with Crippen molar-refractivity contribution < 1.29 is 4.79 Å². The topological polar surface area (TPSA) is 17.1 Å². The van der Waals surface area contributed by atoms with Crippen LogP contribution in [0.1, 0.15) is 28.2 Å². The molecular formula is C10H14OS.